The quantitative estimate of drug-likeness (QED) is 0.828. The van der Waals surface area contributed by atoms with E-state index in [1.807, 2.05) is 25.7 Å². The van der Waals surface area contributed by atoms with Crippen molar-refractivity contribution in [1.82, 2.24) is 10.2 Å². The lowest BCUT2D eigenvalue weighted by atomic mass is 9.70. The first-order valence-electron chi connectivity index (χ1n) is 9.28. The van der Waals surface area contributed by atoms with Gasteiger partial charge >= 0.3 is 6.09 Å². The summed E-state index contributed by atoms with van der Waals surface area (Å²) < 4.78 is 5.52. The number of ether oxygens (including phenoxy) is 1. The van der Waals surface area contributed by atoms with Crippen molar-refractivity contribution in [2.24, 2.45) is 11.3 Å². The Morgan fingerprint density at radius 1 is 1.22 bits per heavy atom. The molecule has 0 radical (unpaired) electrons. The zero-order chi connectivity index (χ0) is 17.3. The summed E-state index contributed by atoms with van der Waals surface area (Å²) in [5.41, 5.74) is 0.00906. The molecule has 3 unspecified atom stereocenters. The molecule has 1 N–H and O–H groups in total. The molecule has 0 spiro atoms. The second-order valence-electron chi connectivity index (χ2n) is 9.54. The maximum atomic E-state index is 12.3. The van der Waals surface area contributed by atoms with Gasteiger partial charge in [-0.2, -0.15) is 0 Å². The molecule has 2 aliphatic rings. The van der Waals surface area contributed by atoms with Crippen LogP contribution in [0, 0.1) is 11.3 Å². The molecule has 0 bridgehead atoms. The number of hydrogen-bond acceptors (Lipinski definition) is 3. The molecule has 2 rings (SSSR count). The summed E-state index contributed by atoms with van der Waals surface area (Å²) >= 11 is 0. The normalized spacial score (nSPS) is 31.7. The first-order valence-corrected chi connectivity index (χ1v) is 9.28. The molecule has 1 aliphatic heterocycles. The van der Waals surface area contributed by atoms with E-state index >= 15 is 0 Å². The minimum Gasteiger partial charge on any atom is -0.444 e. The lowest BCUT2D eigenvalue weighted by molar-refractivity contribution is 0.0173. The van der Waals surface area contributed by atoms with Gasteiger partial charge in [0.25, 0.3) is 0 Å². The molecule has 1 amide bonds. The van der Waals surface area contributed by atoms with E-state index in [4.69, 9.17) is 4.74 Å². The van der Waals surface area contributed by atoms with Crippen LogP contribution in [0.2, 0.25) is 0 Å². The van der Waals surface area contributed by atoms with Crippen molar-refractivity contribution in [2.45, 2.75) is 91.3 Å². The van der Waals surface area contributed by atoms with Gasteiger partial charge in [-0.05, 0) is 64.2 Å². The standard InChI is InChI=1S/C19H36N2O2/c1-14-10-16(12-19(5,6)11-14)20-15-8-7-9-21(13-15)17(22)23-18(2,3)4/h14-16,20H,7-13H2,1-6H3. The number of nitrogens with one attached hydrogen (secondary N) is 1. The maximum absolute atomic E-state index is 12.3. The zero-order valence-electron chi connectivity index (χ0n) is 15.9. The van der Waals surface area contributed by atoms with E-state index < -0.39 is 5.60 Å². The van der Waals surface area contributed by atoms with Crippen LogP contribution >= 0.6 is 0 Å². The SMILES string of the molecule is CC1CC(NC2CCCN(C(=O)OC(C)(C)C)C2)CC(C)(C)C1. The van der Waals surface area contributed by atoms with Gasteiger partial charge in [0.05, 0.1) is 0 Å². The largest absolute Gasteiger partial charge is 0.444 e. The fourth-order valence-electron chi connectivity index (χ4n) is 4.41. The average molecular weight is 325 g/mol. The van der Waals surface area contributed by atoms with Crippen molar-refractivity contribution < 1.29 is 9.53 Å². The number of nitrogens with zero attached hydrogens (tertiary/aromatic N) is 1. The van der Waals surface area contributed by atoms with Gasteiger partial charge in [-0.25, -0.2) is 4.79 Å². The minimum atomic E-state index is -0.416. The Balaban J connectivity index is 1.87. The highest BCUT2D eigenvalue weighted by Gasteiger charge is 2.34. The molecular formula is C19H36N2O2. The predicted octanol–water partition coefficient (Wildman–Crippen LogP) is 4.19. The zero-order valence-corrected chi connectivity index (χ0v) is 15.9. The van der Waals surface area contributed by atoms with Gasteiger partial charge in [-0.15, -0.1) is 0 Å². The molecule has 1 saturated heterocycles. The van der Waals surface area contributed by atoms with Crippen molar-refractivity contribution in [2.75, 3.05) is 13.1 Å². The molecular weight excluding hydrogens is 288 g/mol. The highest BCUT2D eigenvalue weighted by Crippen LogP contribution is 2.38. The summed E-state index contributed by atoms with van der Waals surface area (Å²) in [5.74, 6) is 0.779. The Labute approximate surface area is 142 Å². The molecule has 1 heterocycles. The third kappa shape index (κ3) is 5.98. The molecule has 4 nitrogen and oxygen atoms in total. The van der Waals surface area contributed by atoms with Crippen molar-refractivity contribution in [3.8, 4) is 0 Å². The van der Waals surface area contributed by atoms with Crippen molar-refractivity contribution in [3.05, 3.63) is 0 Å². The van der Waals surface area contributed by atoms with Crippen LogP contribution < -0.4 is 5.32 Å². The Bertz CT molecular complexity index is 414. The van der Waals surface area contributed by atoms with Gasteiger partial charge in [0.15, 0.2) is 0 Å². The summed E-state index contributed by atoms with van der Waals surface area (Å²) in [5, 5.41) is 3.84. The van der Waals surface area contributed by atoms with Gasteiger partial charge in [0.2, 0.25) is 0 Å². The van der Waals surface area contributed by atoms with E-state index in [9.17, 15) is 4.79 Å². The number of carbonyl (C=O) groups excluding carboxylic acids is 1. The van der Waals surface area contributed by atoms with Gasteiger partial charge in [-0.1, -0.05) is 20.8 Å². The highest BCUT2D eigenvalue weighted by molar-refractivity contribution is 5.68. The summed E-state index contributed by atoms with van der Waals surface area (Å²) in [6, 6.07) is 0.986. The van der Waals surface area contributed by atoms with E-state index in [1.165, 1.54) is 19.3 Å². The Morgan fingerprint density at radius 2 is 1.91 bits per heavy atom. The molecule has 0 aromatic rings. The minimum absolute atomic E-state index is 0.165. The molecule has 2 fully saturated rings. The Hall–Kier alpha value is -0.770. The van der Waals surface area contributed by atoms with Crippen LogP contribution in [0.15, 0.2) is 0 Å². The van der Waals surface area contributed by atoms with E-state index in [0.717, 1.165) is 31.8 Å². The molecule has 0 aromatic heterocycles. The number of piperidine rings is 1. The third-order valence-corrected chi connectivity index (χ3v) is 4.93. The summed E-state index contributed by atoms with van der Waals surface area (Å²) in [7, 11) is 0. The molecule has 1 aliphatic carbocycles. The lowest BCUT2D eigenvalue weighted by Gasteiger charge is -2.42. The Morgan fingerprint density at radius 3 is 2.52 bits per heavy atom. The van der Waals surface area contributed by atoms with Crippen LogP contribution in [0.25, 0.3) is 0 Å². The van der Waals surface area contributed by atoms with E-state index in [-0.39, 0.29) is 6.09 Å². The van der Waals surface area contributed by atoms with E-state index in [1.54, 1.807) is 0 Å². The fourth-order valence-corrected chi connectivity index (χ4v) is 4.41. The van der Waals surface area contributed by atoms with Gasteiger partial charge < -0.3 is 15.0 Å². The summed E-state index contributed by atoms with van der Waals surface area (Å²) in [4.78, 5) is 14.2. The second kappa shape index (κ2) is 7.00. The fraction of sp³-hybridized carbons (Fsp3) is 0.947. The molecule has 134 valence electrons. The molecule has 3 atom stereocenters. The van der Waals surface area contributed by atoms with Crippen LogP contribution in [0.3, 0.4) is 0 Å². The number of hydrogen-bond donors (Lipinski definition) is 1. The second-order valence-corrected chi connectivity index (χ2v) is 9.54. The van der Waals surface area contributed by atoms with Crippen LogP contribution in [-0.4, -0.2) is 41.8 Å². The van der Waals surface area contributed by atoms with E-state index in [2.05, 4.69) is 26.1 Å². The number of amides is 1. The first-order chi connectivity index (χ1) is 10.5. The molecule has 1 saturated carbocycles. The van der Waals surface area contributed by atoms with Crippen molar-refractivity contribution in [3.63, 3.8) is 0 Å². The summed E-state index contributed by atoms with van der Waals surface area (Å²) in [6.07, 6.45) is 5.86. The first kappa shape index (κ1) is 18.6. The number of carbonyl (C=O) groups is 1. The lowest BCUT2D eigenvalue weighted by Crippen LogP contribution is -2.53. The van der Waals surface area contributed by atoms with Crippen LogP contribution in [-0.2, 0) is 4.74 Å². The topological polar surface area (TPSA) is 41.6 Å². The predicted molar refractivity (Wildman–Crippen MR) is 94.5 cm³/mol. The van der Waals surface area contributed by atoms with Crippen LogP contribution in [0.5, 0.6) is 0 Å². The van der Waals surface area contributed by atoms with Crippen LogP contribution in [0.1, 0.15) is 73.6 Å². The molecule has 23 heavy (non-hydrogen) atoms. The number of rotatable bonds is 2. The monoisotopic (exact) mass is 324 g/mol. The highest BCUT2D eigenvalue weighted by atomic mass is 16.6. The molecule has 4 heteroatoms. The Kier molecular flexibility index (Phi) is 5.65. The summed E-state index contributed by atoms with van der Waals surface area (Å²) in [6.45, 7) is 14.5. The van der Waals surface area contributed by atoms with Gasteiger partial charge in [0, 0.05) is 25.2 Å². The number of likely N-dealkylation sites (tertiary alicyclic amines) is 1. The van der Waals surface area contributed by atoms with Crippen molar-refractivity contribution in [1.29, 1.82) is 0 Å². The van der Waals surface area contributed by atoms with Gasteiger partial charge in [0.1, 0.15) is 5.60 Å². The van der Waals surface area contributed by atoms with Crippen molar-refractivity contribution >= 4 is 6.09 Å². The van der Waals surface area contributed by atoms with Gasteiger partial charge in [-0.3, -0.25) is 0 Å². The average Bonchev–Trinajstić information content (AvgIpc) is 2.34. The smallest absolute Gasteiger partial charge is 0.410 e. The van der Waals surface area contributed by atoms with Crippen LogP contribution in [0.4, 0.5) is 4.79 Å². The third-order valence-electron chi connectivity index (χ3n) is 4.93. The van der Waals surface area contributed by atoms with E-state index in [0.29, 0.717) is 17.5 Å². The molecule has 0 aromatic carbocycles. The maximum Gasteiger partial charge on any atom is 0.410 e.